The minimum atomic E-state index is -0.222. The van der Waals surface area contributed by atoms with Crippen molar-refractivity contribution in [3.63, 3.8) is 0 Å². The highest BCUT2D eigenvalue weighted by Gasteiger charge is 2.14. The molecule has 0 aliphatic rings. The third-order valence-electron chi connectivity index (χ3n) is 2.91. The fourth-order valence-electron chi connectivity index (χ4n) is 1.67. The maximum atomic E-state index is 12.3. The Morgan fingerprint density at radius 2 is 2.20 bits per heavy atom. The topological polar surface area (TPSA) is 81.6 Å². The largest absolute Gasteiger partial charge is 0.305 e. The maximum absolute atomic E-state index is 12.3. The minimum Gasteiger partial charge on any atom is -0.305 e. The fourth-order valence-corrected chi connectivity index (χ4v) is 2.38. The number of thioether (sulfide) groups is 1. The van der Waals surface area contributed by atoms with Gasteiger partial charge in [0.15, 0.2) is 5.82 Å². The molecule has 2 aromatic rings. The average Bonchev–Trinajstić information content (AvgIpc) is 2.77. The highest BCUT2D eigenvalue weighted by molar-refractivity contribution is 7.99. The molecule has 0 unspecified atom stereocenters. The van der Waals surface area contributed by atoms with E-state index >= 15 is 0 Å². The first-order valence-electron chi connectivity index (χ1n) is 6.05. The molecule has 2 rings (SSSR count). The average molecular weight is 286 g/mol. The number of carbonyl (C=O) groups is 1. The number of aromatic amines is 1. The van der Waals surface area contributed by atoms with E-state index in [1.165, 1.54) is 11.8 Å². The highest BCUT2D eigenvalue weighted by Crippen LogP contribution is 2.23. The summed E-state index contributed by atoms with van der Waals surface area (Å²) in [6, 6.07) is 9.28. The number of nitrogens with zero attached hydrogens (tertiary/aromatic N) is 2. The van der Waals surface area contributed by atoms with Gasteiger partial charge in [-0.1, -0.05) is 12.1 Å². The number of hydrogen-bond acceptors (Lipinski definition) is 4. The number of carbonyl (C=O) groups excluding carboxylic acids is 1. The number of nitrogens with one attached hydrogen (secondary N) is 2. The Hall–Kier alpha value is -2.26. The highest BCUT2D eigenvalue weighted by atomic mass is 32.2. The summed E-state index contributed by atoms with van der Waals surface area (Å²) in [5.41, 5.74) is 2.39. The Balaban J connectivity index is 2.21. The van der Waals surface area contributed by atoms with Crippen molar-refractivity contribution < 1.29 is 4.79 Å². The quantitative estimate of drug-likeness (QED) is 0.847. The zero-order chi connectivity index (χ0) is 14.5. The van der Waals surface area contributed by atoms with Gasteiger partial charge in [-0.2, -0.15) is 10.4 Å². The van der Waals surface area contributed by atoms with Crippen LogP contribution in [0.4, 0.5) is 5.82 Å². The van der Waals surface area contributed by atoms with Crippen molar-refractivity contribution in [2.45, 2.75) is 18.7 Å². The van der Waals surface area contributed by atoms with E-state index in [1.54, 1.807) is 12.1 Å². The van der Waals surface area contributed by atoms with Gasteiger partial charge in [-0.3, -0.25) is 9.89 Å². The lowest BCUT2D eigenvalue weighted by Crippen LogP contribution is -2.14. The Bertz CT molecular complexity index is 672. The molecule has 0 atom stereocenters. The van der Waals surface area contributed by atoms with E-state index in [0.29, 0.717) is 17.1 Å². The van der Waals surface area contributed by atoms with Crippen LogP contribution in [0.5, 0.6) is 0 Å². The normalized spacial score (nSPS) is 10.1. The molecule has 0 aliphatic heterocycles. The molecule has 0 aliphatic carbocycles. The molecule has 0 saturated carbocycles. The second-order valence-corrected chi connectivity index (χ2v) is 5.24. The van der Waals surface area contributed by atoms with Gasteiger partial charge in [0, 0.05) is 16.2 Å². The Morgan fingerprint density at radius 1 is 1.45 bits per heavy atom. The maximum Gasteiger partial charge on any atom is 0.258 e. The lowest BCUT2D eigenvalue weighted by Gasteiger charge is -2.07. The number of nitriles is 1. The van der Waals surface area contributed by atoms with E-state index in [1.807, 2.05) is 26.0 Å². The van der Waals surface area contributed by atoms with Crippen molar-refractivity contribution in [1.29, 1.82) is 5.26 Å². The summed E-state index contributed by atoms with van der Waals surface area (Å²) in [4.78, 5) is 13.1. The molecule has 0 saturated heterocycles. The van der Waals surface area contributed by atoms with E-state index in [4.69, 9.17) is 5.26 Å². The number of rotatable bonds is 4. The zero-order valence-electron chi connectivity index (χ0n) is 11.2. The van der Waals surface area contributed by atoms with Crippen molar-refractivity contribution >= 4 is 23.5 Å². The fraction of sp³-hybridized carbons (Fsp3) is 0.214. The second kappa shape index (κ2) is 6.26. The molecule has 1 aromatic carbocycles. The number of aromatic nitrogens is 2. The second-order valence-electron chi connectivity index (χ2n) is 4.22. The monoisotopic (exact) mass is 286 g/mol. The van der Waals surface area contributed by atoms with Crippen LogP contribution in [0.25, 0.3) is 0 Å². The molecule has 20 heavy (non-hydrogen) atoms. The molecule has 102 valence electrons. The molecular formula is C14H14N4OS. The van der Waals surface area contributed by atoms with Gasteiger partial charge >= 0.3 is 0 Å². The number of H-pyrrole nitrogens is 1. The molecule has 0 bridgehead atoms. The number of anilines is 1. The summed E-state index contributed by atoms with van der Waals surface area (Å²) >= 11 is 1.35. The molecular weight excluding hydrogens is 272 g/mol. The summed E-state index contributed by atoms with van der Waals surface area (Å²) in [7, 11) is 0. The molecule has 0 radical (unpaired) electrons. The van der Waals surface area contributed by atoms with E-state index in [9.17, 15) is 4.79 Å². The first-order valence-corrected chi connectivity index (χ1v) is 7.03. The molecule has 1 heterocycles. The van der Waals surface area contributed by atoms with Crippen LogP contribution in [0, 0.1) is 25.2 Å². The Morgan fingerprint density at radius 3 is 2.85 bits per heavy atom. The van der Waals surface area contributed by atoms with Crippen LogP contribution < -0.4 is 5.32 Å². The standard InChI is InChI=1S/C14H14N4OS/c1-9-10(2)17-18-13(9)16-14(19)11-5-3-4-6-12(11)20-8-7-15/h3-6H,8H2,1-2H3,(H2,16,17,18,19). The van der Waals surface area contributed by atoms with Crippen LogP contribution in [0.3, 0.4) is 0 Å². The van der Waals surface area contributed by atoms with Gasteiger partial charge in [0.2, 0.25) is 0 Å². The lowest BCUT2D eigenvalue weighted by atomic mass is 10.2. The zero-order valence-corrected chi connectivity index (χ0v) is 12.0. The summed E-state index contributed by atoms with van der Waals surface area (Å²) in [6.07, 6.45) is 0. The van der Waals surface area contributed by atoms with Gasteiger partial charge in [0.05, 0.1) is 17.4 Å². The van der Waals surface area contributed by atoms with Crippen LogP contribution in [0.15, 0.2) is 29.2 Å². The SMILES string of the molecule is Cc1[nH]nc(NC(=O)c2ccccc2SCC#N)c1C. The van der Waals surface area contributed by atoms with Crippen molar-refractivity contribution in [1.82, 2.24) is 10.2 Å². The first kappa shape index (κ1) is 14.2. The Labute approximate surface area is 121 Å². The van der Waals surface area contributed by atoms with Gasteiger partial charge in [-0.05, 0) is 26.0 Å². The molecule has 2 N–H and O–H groups in total. The van der Waals surface area contributed by atoms with Crippen molar-refractivity contribution in [3.8, 4) is 6.07 Å². The van der Waals surface area contributed by atoms with Crippen LogP contribution in [0.1, 0.15) is 21.6 Å². The van der Waals surface area contributed by atoms with E-state index in [2.05, 4.69) is 21.6 Å². The van der Waals surface area contributed by atoms with Crippen LogP contribution in [-0.4, -0.2) is 21.9 Å². The van der Waals surface area contributed by atoms with Crippen LogP contribution in [0.2, 0.25) is 0 Å². The summed E-state index contributed by atoms with van der Waals surface area (Å²) in [5.74, 6) is 0.624. The number of aryl methyl sites for hydroxylation is 1. The van der Waals surface area contributed by atoms with E-state index in [-0.39, 0.29) is 5.91 Å². The minimum absolute atomic E-state index is 0.222. The Kier molecular flexibility index (Phi) is 4.43. The third-order valence-corrected chi connectivity index (χ3v) is 3.85. The van der Waals surface area contributed by atoms with Gasteiger partial charge in [0.1, 0.15) is 0 Å². The van der Waals surface area contributed by atoms with Crippen molar-refractivity contribution in [3.05, 3.63) is 41.1 Å². The summed E-state index contributed by atoms with van der Waals surface area (Å²) in [6.45, 7) is 3.79. The summed E-state index contributed by atoms with van der Waals surface area (Å²) in [5, 5.41) is 18.3. The molecule has 0 spiro atoms. The number of amides is 1. The van der Waals surface area contributed by atoms with Gasteiger partial charge in [-0.25, -0.2) is 0 Å². The van der Waals surface area contributed by atoms with Gasteiger partial charge < -0.3 is 5.32 Å². The van der Waals surface area contributed by atoms with Gasteiger partial charge in [-0.15, -0.1) is 11.8 Å². The van der Waals surface area contributed by atoms with E-state index in [0.717, 1.165) is 16.2 Å². The van der Waals surface area contributed by atoms with Crippen molar-refractivity contribution in [2.24, 2.45) is 0 Å². The predicted octanol–water partition coefficient (Wildman–Crippen LogP) is 2.89. The summed E-state index contributed by atoms with van der Waals surface area (Å²) < 4.78 is 0. The molecule has 1 amide bonds. The van der Waals surface area contributed by atoms with Crippen LogP contribution in [-0.2, 0) is 0 Å². The lowest BCUT2D eigenvalue weighted by molar-refractivity contribution is 0.102. The number of hydrogen-bond donors (Lipinski definition) is 2. The smallest absolute Gasteiger partial charge is 0.258 e. The van der Waals surface area contributed by atoms with Crippen molar-refractivity contribution in [2.75, 3.05) is 11.1 Å². The molecule has 5 nitrogen and oxygen atoms in total. The molecule has 6 heteroatoms. The first-order chi connectivity index (χ1) is 9.63. The van der Waals surface area contributed by atoms with Gasteiger partial charge in [0.25, 0.3) is 5.91 Å². The van der Waals surface area contributed by atoms with E-state index < -0.39 is 0 Å². The number of benzene rings is 1. The molecule has 0 fully saturated rings. The third kappa shape index (κ3) is 3.00. The predicted molar refractivity (Wildman–Crippen MR) is 78.8 cm³/mol. The molecule has 1 aromatic heterocycles. The van der Waals surface area contributed by atoms with Crippen LogP contribution >= 0.6 is 11.8 Å².